The van der Waals surface area contributed by atoms with E-state index in [1.54, 1.807) is 11.3 Å². The van der Waals surface area contributed by atoms with Crippen LogP contribution < -0.4 is 10.1 Å². The van der Waals surface area contributed by atoms with E-state index < -0.39 is 0 Å². The summed E-state index contributed by atoms with van der Waals surface area (Å²) in [6, 6.07) is 18.8. The van der Waals surface area contributed by atoms with Crippen LogP contribution in [-0.4, -0.2) is 11.5 Å². The maximum Gasteiger partial charge on any atom is 0.181 e. The highest BCUT2D eigenvalue weighted by Crippen LogP contribution is 2.28. The quantitative estimate of drug-likeness (QED) is 0.416. The van der Waals surface area contributed by atoms with Crippen molar-refractivity contribution < 1.29 is 4.74 Å². The van der Waals surface area contributed by atoms with E-state index >= 15 is 0 Å². The Morgan fingerprint density at radius 3 is 2.88 bits per heavy atom. The van der Waals surface area contributed by atoms with Crippen molar-refractivity contribution in [1.29, 1.82) is 0 Å². The lowest BCUT2D eigenvalue weighted by Gasteiger charge is -2.07. The molecule has 0 atom stereocenters. The predicted octanol–water partition coefficient (Wildman–Crippen LogP) is 5.66. The van der Waals surface area contributed by atoms with Crippen molar-refractivity contribution in [3.8, 4) is 10.8 Å². The Balaban J connectivity index is 1.31. The minimum atomic E-state index is 0.836. The number of thiophene rings is 1. The first-order valence-corrected chi connectivity index (χ1v) is 9.73. The van der Waals surface area contributed by atoms with Crippen molar-refractivity contribution in [2.45, 2.75) is 19.9 Å². The zero-order chi connectivity index (χ0) is 17.8. The standard InChI is InChI=1S/C22H22N2OS/c1-16-11-22(26-15-16)25-19-6-4-5-17(12-19)13-23-10-9-18-14-24-21-8-3-2-7-20(18)21/h2-8,11-12,14-15,23-24H,9-10,13H2,1H3. The number of aromatic nitrogens is 1. The second-order valence-corrected chi connectivity index (χ2v) is 7.35. The number of H-pyrrole nitrogens is 1. The second-order valence-electron chi connectivity index (χ2n) is 6.48. The minimum Gasteiger partial charge on any atom is -0.447 e. The van der Waals surface area contributed by atoms with Gasteiger partial charge in [-0.2, -0.15) is 0 Å². The lowest BCUT2D eigenvalue weighted by Crippen LogP contribution is -2.16. The maximum absolute atomic E-state index is 5.94. The number of rotatable bonds is 7. The van der Waals surface area contributed by atoms with Gasteiger partial charge in [0.25, 0.3) is 0 Å². The number of hydrogen-bond acceptors (Lipinski definition) is 3. The minimum absolute atomic E-state index is 0.836. The van der Waals surface area contributed by atoms with Gasteiger partial charge in [0.1, 0.15) is 5.75 Å². The number of ether oxygens (including phenoxy) is 1. The summed E-state index contributed by atoms with van der Waals surface area (Å²) in [7, 11) is 0. The summed E-state index contributed by atoms with van der Waals surface area (Å²) in [6.45, 7) is 3.86. The Kier molecular flexibility index (Phi) is 5.04. The lowest BCUT2D eigenvalue weighted by atomic mass is 10.1. The largest absolute Gasteiger partial charge is 0.447 e. The SMILES string of the molecule is Cc1csc(Oc2cccc(CNCCc3c[nH]c4ccccc34)c2)c1. The van der Waals surface area contributed by atoms with Gasteiger partial charge in [0.2, 0.25) is 0 Å². The summed E-state index contributed by atoms with van der Waals surface area (Å²) < 4.78 is 5.94. The third-order valence-corrected chi connectivity index (χ3v) is 5.32. The number of aromatic amines is 1. The van der Waals surface area contributed by atoms with E-state index in [9.17, 15) is 0 Å². The van der Waals surface area contributed by atoms with Gasteiger partial charge in [-0.1, -0.05) is 30.3 Å². The van der Waals surface area contributed by atoms with Gasteiger partial charge < -0.3 is 15.0 Å². The van der Waals surface area contributed by atoms with E-state index in [0.29, 0.717) is 0 Å². The molecule has 3 nitrogen and oxygen atoms in total. The maximum atomic E-state index is 5.94. The molecule has 0 aliphatic carbocycles. The van der Waals surface area contributed by atoms with Crippen molar-refractivity contribution in [3.05, 3.63) is 82.9 Å². The van der Waals surface area contributed by atoms with Crippen LogP contribution in [0.4, 0.5) is 0 Å². The van der Waals surface area contributed by atoms with Crippen LogP contribution in [0.3, 0.4) is 0 Å². The van der Waals surface area contributed by atoms with Gasteiger partial charge in [0, 0.05) is 23.6 Å². The van der Waals surface area contributed by atoms with Crippen molar-refractivity contribution in [2.24, 2.45) is 0 Å². The Morgan fingerprint density at radius 1 is 1.08 bits per heavy atom. The Hall–Kier alpha value is -2.56. The Labute approximate surface area is 157 Å². The molecule has 0 bridgehead atoms. The van der Waals surface area contributed by atoms with Crippen LogP contribution in [0.2, 0.25) is 0 Å². The number of benzene rings is 2. The first kappa shape index (κ1) is 16.9. The fourth-order valence-electron chi connectivity index (χ4n) is 3.09. The van der Waals surface area contributed by atoms with E-state index in [1.165, 1.54) is 27.6 Å². The molecular formula is C22H22N2OS. The van der Waals surface area contributed by atoms with Crippen LogP contribution in [-0.2, 0) is 13.0 Å². The zero-order valence-corrected chi connectivity index (χ0v) is 15.6. The molecule has 2 N–H and O–H groups in total. The fourth-order valence-corrected chi connectivity index (χ4v) is 3.86. The first-order chi connectivity index (χ1) is 12.8. The summed E-state index contributed by atoms with van der Waals surface area (Å²) in [5.41, 5.74) is 5.03. The summed E-state index contributed by atoms with van der Waals surface area (Å²) in [6.07, 6.45) is 3.12. The van der Waals surface area contributed by atoms with E-state index in [2.05, 4.69) is 71.3 Å². The van der Waals surface area contributed by atoms with Crippen LogP contribution >= 0.6 is 11.3 Å². The van der Waals surface area contributed by atoms with Gasteiger partial charge in [0.05, 0.1) is 0 Å². The molecule has 2 aromatic carbocycles. The van der Waals surface area contributed by atoms with E-state index in [0.717, 1.165) is 30.3 Å². The summed E-state index contributed by atoms with van der Waals surface area (Å²) in [5.74, 6) is 0.891. The summed E-state index contributed by atoms with van der Waals surface area (Å²) in [4.78, 5) is 3.34. The monoisotopic (exact) mass is 362 g/mol. The van der Waals surface area contributed by atoms with E-state index in [1.807, 2.05) is 12.1 Å². The number of fused-ring (bicyclic) bond motifs is 1. The van der Waals surface area contributed by atoms with Gasteiger partial charge in [-0.3, -0.25) is 0 Å². The van der Waals surface area contributed by atoms with Crippen LogP contribution in [0.5, 0.6) is 10.8 Å². The molecule has 0 aliphatic heterocycles. The van der Waals surface area contributed by atoms with Crippen LogP contribution in [0.25, 0.3) is 10.9 Å². The third-order valence-electron chi connectivity index (χ3n) is 4.40. The zero-order valence-electron chi connectivity index (χ0n) is 14.8. The van der Waals surface area contributed by atoms with Crippen molar-refractivity contribution >= 4 is 22.2 Å². The molecule has 4 heteroatoms. The topological polar surface area (TPSA) is 37.0 Å². The Bertz CT molecular complexity index is 1000. The predicted molar refractivity (Wildman–Crippen MR) is 109 cm³/mol. The molecule has 132 valence electrons. The molecule has 0 radical (unpaired) electrons. The normalized spacial score (nSPS) is 11.1. The molecule has 0 spiro atoms. The molecule has 4 rings (SSSR count). The second kappa shape index (κ2) is 7.77. The fraction of sp³-hybridized carbons (Fsp3) is 0.182. The molecule has 2 aromatic heterocycles. The molecule has 4 aromatic rings. The molecule has 0 saturated carbocycles. The third kappa shape index (κ3) is 3.98. The molecule has 0 saturated heterocycles. The average Bonchev–Trinajstić information content (AvgIpc) is 3.25. The Morgan fingerprint density at radius 2 is 2.00 bits per heavy atom. The van der Waals surface area contributed by atoms with Gasteiger partial charge in [-0.25, -0.2) is 0 Å². The summed E-state index contributed by atoms with van der Waals surface area (Å²) >= 11 is 1.63. The number of hydrogen-bond donors (Lipinski definition) is 2. The molecule has 0 unspecified atom stereocenters. The van der Waals surface area contributed by atoms with Crippen LogP contribution in [0.15, 0.2) is 66.2 Å². The number of nitrogens with one attached hydrogen (secondary N) is 2. The highest BCUT2D eigenvalue weighted by atomic mass is 32.1. The highest BCUT2D eigenvalue weighted by molar-refractivity contribution is 7.12. The molecule has 26 heavy (non-hydrogen) atoms. The van der Waals surface area contributed by atoms with Crippen molar-refractivity contribution in [3.63, 3.8) is 0 Å². The van der Waals surface area contributed by atoms with Gasteiger partial charge >= 0.3 is 0 Å². The molecule has 2 heterocycles. The van der Waals surface area contributed by atoms with Crippen molar-refractivity contribution in [1.82, 2.24) is 10.3 Å². The first-order valence-electron chi connectivity index (χ1n) is 8.85. The average molecular weight is 362 g/mol. The molecular weight excluding hydrogens is 340 g/mol. The lowest BCUT2D eigenvalue weighted by molar-refractivity contribution is 0.495. The molecule has 0 aliphatic rings. The molecule has 0 amide bonds. The van der Waals surface area contributed by atoms with Gasteiger partial charge in [-0.05, 0) is 66.2 Å². The van der Waals surface area contributed by atoms with Crippen LogP contribution in [0, 0.1) is 6.92 Å². The van der Waals surface area contributed by atoms with E-state index in [-0.39, 0.29) is 0 Å². The van der Waals surface area contributed by atoms with Crippen molar-refractivity contribution in [2.75, 3.05) is 6.54 Å². The van der Waals surface area contributed by atoms with Crippen LogP contribution in [0.1, 0.15) is 16.7 Å². The number of aryl methyl sites for hydroxylation is 1. The van der Waals surface area contributed by atoms with E-state index in [4.69, 9.17) is 4.74 Å². The summed E-state index contributed by atoms with van der Waals surface area (Å²) in [5, 5.41) is 7.89. The molecule has 0 fully saturated rings. The number of para-hydroxylation sites is 1. The smallest absolute Gasteiger partial charge is 0.181 e. The highest BCUT2D eigenvalue weighted by Gasteiger charge is 2.04. The van der Waals surface area contributed by atoms with Gasteiger partial charge in [-0.15, -0.1) is 11.3 Å². The van der Waals surface area contributed by atoms with Gasteiger partial charge in [0.15, 0.2) is 5.06 Å².